The van der Waals surface area contributed by atoms with Crippen LogP contribution in [0.15, 0.2) is 30.9 Å². The fraction of sp³-hybridized carbons (Fsp3) is 0.200. The summed E-state index contributed by atoms with van der Waals surface area (Å²) in [6, 6.07) is 3.64. The number of likely N-dealkylation sites (N-methyl/N-ethyl adjacent to an activating group) is 1. The van der Waals surface area contributed by atoms with Crippen molar-refractivity contribution < 1.29 is 4.79 Å². The number of ketones is 1. The van der Waals surface area contributed by atoms with Gasteiger partial charge in [0.05, 0.1) is 24.6 Å². The molecular formula is C10H11N3O. The van der Waals surface area contributed by atoms with Gasteiger partial charge in [-0.3, -0.25) is 4.79 Å². The van der Waals surface area contributed by atoms with Gasteiger partial charge < -0.3 is 9.72 Å². The monoisotopic (exact) mass is 189 g/mol. The predicted octanol–water partition coefficient (Wildman–Crippen LogP) is 0.736. The number of hydrogen-bond donors (Lipinski definition) is 1. The van der Waals surface area contributed by atoms with E-state index >= 15 is 0 Å². The minimum absolute atomic E-state index is 0.0937. The van der Waals surface area contributed by atoms with Gasteiger partial charge in [0.15, 0.2) is 5.78 Å². The Morgan fingerprint density at radius 3 is 3.29 bits per heavy atom. The van der Waals surface area contributed by atoms with E-state index in [0.717, 1.165) is 5.52 Å². The summed E-state index contributed by atoms with van der Waals surface area (Å²) >= 11 is 0. The topological polar surface area (TPSA) is 46.4 Å². The Morgan fingerprint density at radius 1 is 1.64 bits per heavy atom. The molecule has 4 nitrogen and oxygen atoms in total. The summed E-state index contributed by atoms with van der Waals surface area (Å²) in [6.45, 7) is 0.365. The highest BCUT2D eigenvalue weighted by molar-refractivity contribution is 5.98. The molecule has 2 rings (SSSR count). The average molecular weight is 189 g/mol. The van der Waals surface area contributed by atoms with Crippen molar-refractivity contribution in [3.63, 3.8) is 0 Å². The number of pyridine rings is 1. The van der Waals surface area contributed by atoms with Crippen LogP contribution in [0.4, 0.5) is 0 Å². The van der Waals surface area contributed by atoms with Gasteiger partial charge in [-0.15, -0.1) is 0 Å². The number of nitrogens with one attached hydrogen (secondary N) is 1. The standard InChI is InChI=1S/C10H11N3O/c1-11-6-10(14)8-2-3-13-7-12-5-9(13)4-8/h2-5,7,11H,6H2,1H3. The molecule has 0 bridgehead atoms. The first kappa shape index (κ1) is 8.90. The number of nitrogens with zero attached hydrogens (tertiary/aromatic N) is 2. The van der Waals surface area contributed by atoms with Crippen LogP contribution < -0.4 is 5.32 Å². The number of fused-ring (bicyclic) bond motifs is 1. The lowest BCUT2D eigenvalue weighted by atomic mass is 10.1. The first-order valence-corrected chi connectivity index (χ1v) is 4.41. The van der Waals surface area contributed by atoms with E-state index in [1.165, 1.54) is 0 Å². The fourth-order valence-electron chi connectivity index (χ4n) is 1.36. The second-order valence-corrected chi connectivity index (χ2v) is 3.09. The van der Waals surface area contributed by atoms with Crippen molar-refractivity contribution in [3.8, 4) is 0 Å². The summed E-state index contributed by atoms with van der Waals surface area (Å²) in [5, 5.41) is 2.84. The van der Waals surface area contributed by atoms with Gasteiger partial charge in [0, 0.05) is 11.8 Å². The van der Waals surface area contributed by atoms with Crippen molar-refractivity contribution in [2.45, 2.75) is 0 Å². The number of rotatable bonds is 3. The van der Waals surface area contributed by atoms with E-state index in [-0.39, 0.29) is 5.78 Å². The summed E-state index contributed by atoms with van der Waals surface area (Å²) in [6.07, 6.45) is 5.28. The Kier molecular flexibility index (Phi) is 2.28. The van der Waals surface area contributed by atoms with E-state index < -0.39 is 0 Å². The molecule has 0 aromatic carbocycles. The SMILES string of the molecule is CNCC(=O)c1ccn2cncc2c1. The Balaban J connectivity index is 2.38. The first-order chi connectivity index (χ1) is 6.81. The van der Waals surface area contributed by atoms with E-state index in [2.05, 4.69) is 10.3 Å². The zero-order chi connectivity index (χ0) is 9.97. The van der Waals surface area contributed by atoms with Crippen LogP contribution in [0.5, 0.6) is 0 Å². The van der Waals surface area contributed by atoms with Crippen LogP contribution in [0.2, 0.25) is 0 Å². The summed E-state index contributed by atoms with van der Waals surface area (Å²) < 4.78 is 1.87. The van der Waals surface area contributed by atoms with E-state index in [1.54, 1.807) is 25.6 Å². The van der Waals surface area contributed by atoms with Crippen molar-refractivity contribution in [1.29, 1.82) is 0 Å². The normalized spacial score (nSPS) is 10.6. The van der Waals surface area contributed by atoms with Gasteiger partial charge in [-0.25, -0.2) is 4.98 Å². The zero-order valence-corrected chi connectivity index (χ0v) is 7.90. The number of carbonyl (C=O) groups is 1. The lowest BCUT2D eigenvalue weighted by Gasteiger charge is -2.00. The number of carbonyl (C=O) groups excluding carboxylic acids is 1. The van der Waals surface area contributed by atoms with E-state index in [0.29, 0.717) is 12.1 Å². The molecule has 2 aromatic rings. The van der Waals surface area contributed by atoms with Crippen molar-refractivity contribution in [2.24, 2.45) is 0 Å². The van der Waals surface area contributed by atoms with Gasteiger partial charge in [0.2, 0.25) is 0 Å². The third-order valence-corrected chi connectivity index (χ3v) is 2.07. The summed E-state index contributed by atoms with van der Waals surface area (Å²) in [5.41, 5.74) is 1.65. The maximum Gasteiger partial charge on any atom is 0.176 e. The summed E-state index contributed by atoms with van der Waals surface area (Å²) in [4.78, 5) is 15.5. The van der Waals surface area contributed by atoms with Crippen molar-refractivity contribution in [1.82, 2.24) is 14.7 Å². The van der Waals surface area contributed by atoms with Crippen LogP contribution in [0.1, 0.15) is 10.4 Å². The number of Topliss-reactive ketones (excluding diaryl/α,β-unsaturated/α-hetero) is 1. The number of hydrogen-bond acceptors (Lipinski definition) is 3. The molecule has 0 saturated heterocycles. The second-order valence-electron chi connectivity index (χ2n) is 3.09. The largest absolute Gasteiger partial charge is 0.313 e. The van der Waals surface area contributed by atoms with Crippen molar-refractivity contribution in [2.75, 3.05) is 13.6 Å². The second kappa shape index (κ2) is 3.59. The Hall–Kier alpha value is -1.68. The number of imidazole rings is 1. The molecule has 4 heteroatoms. The molecule has 0 aliphatic heterocycles. The maximum absolute atomic E-state index is 11.5. The fourth-order valence-corrected chi connectivity index (χ4v) is 1.36. The van der Waals surface area contributed by atoms with E-state index in [9.17, 15) is 4.79 Å². The van der Waals surface area contributed by atoms with Crippen LogP contribution >= 0.6 is 0 Å². The lowest BCUT2D eigenvalue weighted by molar-refractivity contribution is 0.0993. The molecule has 72 valence electrons. The first-order valence-electron chi connectivity index (χ1n) is 4.41. The Labute approximate surface area is 81.6 Å². The van der Waals surface area contributed by atoms with E-state index in [4.69, 9.17) is 0 Å². The molecule has 0 aliphatic rings. The smallest absolute Gasteiger partial charge is 0.176 e. The molecule has 0 atom stereocenters. The molecular weight excluding hydrogens is 178 g/mol. The Morgan fingerprint density at radius 2 is 2.50 bits per heavy atom. The van der Waals surface area contributed by atoms with Gasteiger partial charge >= 0.3 is 0 Å². The molecule has 0 saturated carbocycles. The molecule has 0 aliphatic carbocycles. The van der Waals surface area contributed by atoms with Gasteiger partial charge in [-0.1, -0.05) is 0 Å². The van der Waals surface area contributed by atoms with Crippen LogP contribution in [-0.4, -0.2) is 28.8 Å². The lowest BCUT2D eigenvalue weighted by Crippen LogP contribution is -2.18. The molecule has 1 N–H and O–H groups in total. The summed E-state index contributed by atoms with van der Waals surface area (Å²) in [7, 11) is 1.76. The molecule has 0 radical (unpaired) electrons. The molecule has 0 amide bonds. The predicted molar refractivity (Wildman–Crippen MR) is 53.4 cm³/mol. The average Bonchev–Trinajstić information content (AvgIpc) is 2.64. The van der Waals surface area contributed by atoms with Crippen LogP contribution in [0.25, 0.3) is 5.52 Å². The molecule has 0 spiro atoms. The van der Waals surface area contributed by atoms with Crippen LogP contribution in [-0.2, 0) is 0 Å². The molecule has 2 aromatic heterocycles. The highest BCUT2D eigenvalue weighted by Gasteiger charge is 2.04. The quantitative estimate of drug-likeness (QED) is 0.724. The highest BCUT2D eigenvalue weighted by atomic mass is 16.1. The number of aromatic nitrogens is 2. The van der Waals surface area contributed by atoms with Crippen LogP contribution in [0.3, 0.4) is 0 Å². The summed E-state index contributed by atoms with van der Waals surface area (Å²) in [5.74, 6) is 0.0937. The molecule has 14 heavy (non-hydrogen) atoms. The Bertz CT molecular complexity index is 461. The molecule has 0 unspecified atom stereocenters. The highest BCUT2D eigenvalue weighted by Crippen LogP contribution is 2.06. The van der Waals surface area contributed by atoms with Crippen molar-refractivity contribution in [3.05, 3.63) is 36.4 Å². The zero-order valence-electron chi connectivity index (χ0n) is 7.90. The van der Waals surface area contributed by atoms with Crippen LogP contribution in [0, 0.1) is 0 Å². The van der Waals surface area contributed by atoms with Gasteiger partial charge in [0.25, 0.3) is 0 Å². The minimum atomic E-state index is 0.0937. The van der Waals surface area contributed by atoms with Gasteiger partial charge in [0.1, 0.15) is 0 Å². The van der Waals surface area contributed by atoms with Gasteiger partial charge in [-0.05, 0) is 19.2 Å². The third kappa shape index (κ3) is 1.52. The van der Waals surface area contributed by atoms with E-state index in [1.807, 2.05) is 16.7 Å². The van der Waals surface area contributed by atoms with Gasteiger partial charge in [-0.2, -0.15) is 0 Å². The van der Waals surface area contributed by atoms with Crippen molar-refractivity contribution >= 4 is 11.3 Å². The molecule has 0 fully saturated rings. The minimum Gasteiger partial charge on any atom is -0.313 e. The molecule has 2 heterocycles. The maximum atomic E-state index is 11.5. The third-order valence-electron chi connectivity index (χ3n) is 2.07.